The summed E-state index contributed by atoms with van der Waals surface area (Å²) < 4.78 is 7.72. The lowest BCUT2D eigenvalue weighted by atomic mass is 9.87. The van der Waals surface area contributed by atoms with Crippen LogP contribution in [0.25, 0.3) is 0 Å². The van der Waals surface area contributed by atoms with E-state index < -0.39 is 11.6 Å². The van der Waals surface area contributed by atoms with Gasteiger partial charge in [-0.05, 0) is 75.5 Å². The van der Waals surface area contributed by atoms with Gasteiger partial charge in [-0.3, -0.25) is 9.48 Å². The molecule has 158 valence electrons. The van der Waals surface area contributed by atoms with E-state index in [2.05, 4.69) is 15.7 Å². The van der Waals surface area contributed by atoms with Gasteiger partial charge in [-0.15, -0.1) is 12.4 Å². The SMILES string of the molecule is Cl.O=C(Nc1ccc(OC2CCCCC2O)cc1)C1(n2cccn2)CCNCC1. The van der Waals surface area contributed by atoms with Crippen LogP contribution in [0.1, 0.15) is 38.5 Å². The first-order valence-corrected chi connectivity index (χ1v) is 10.1. The normalized spacial score (nSPS) is 23.6. The lowest BCUT2D eigenvalue weighted by Gasteiger charge is -2.36. The van der Waals surface area contributed by atoms with Crippen LogP contribution < -0.4 is 15.4 Å². The van der Waals surface area contributed by atoms with Crippen LogP contribution >= 0.6 is 12.4 Å². The van der Waals surface area contributed by atoms with Crippen LogP contribution in [-0.2, 0) is 10.3 Å². The van der Waals surface area contributed by atoms with Gasteiger partial charge in [-0.1, -0.05) is 6.42 Å². The third-order valence-corrected chi connectivity index (χ3v) is 5.86. The molecule has 0 radical (unpaired) electrons. The summed E-state index contributed by atoms with van der Waals surface area (Å²) in [6.45, 7) is 1.56. The summed E-state index contributed by atoms with van der Waals surface area (Å²) in [5, 5.41) is 20.8. The number of hydrogen-bond acceptors (Lipinski definition) is 5. The van der Waals surface area contributed by atoms with E-state index in [1.807, 2.05) is 36.5 Å². The van der Waals surface area contributed by atoms with E-state index >= 15 is 0 Å². The zero-order valence-corrected chi connectivity index (χ0v) is 17.2. The van der Waals surface area contributed by atoms with Crippen LogP contribution in [0.5, 0.6) is 5.75 Å². The molecule has 8 heteroatoms. The molecule has 2 fully saturated rings. The molecule has 1 aliphatic heterocycles. The molecule has 1 saturated heterocycles. The predicted molar refractivity (Wildman–Crippen MR) is 114 cm³/mol. The number of piperidine rings is 1. The number of halogens is 1. The first kappa shape index (κ1) is 21.6. The van der Waals surface area contributed by atoms with Crippen molar-refractivity contribution >= 4 is 24.0 Å². The Labute approximate surface area is 177 Å². The summed E-state index contributed by atoms with van der Waals surface area (Å²) in [7, 11) is 0. The molecule has 7 nitrogen and oxygen atoms in total. The smallest absolute Gasteiger partial charge is 0.252 e. The lowest BCUT2D eigenvalue weighted by Crippen LogP contribution is -2.52. The highest BCUT2D eigenvalue weighted by Gasteiger charge is 2.42. The number of rotatable bonds is 5. The van der Waals surface area contributed by atoms with Crippen LogP contribution in [0.3, 0.4) is 0 Å². The van der Waals surface area contributed by atoms with E-state index in [1.54, 1.807) is 10.9 Å². The summed E-state index contributed by atoms with van der Waals surface area (Å²) in [6, 6.07) is 9.24. The van der Waals surface area contributed by atoms with Crippen molar-refractivity contribution in [1.82, 2.24) is 15.1 Å². The van der Waals surface area contributed by atoms with Gasteiger partial charge in [0.2, 0.25) is 0 Å². The number of carbonyl (C=O) groups excluding carboxylic acids is 1. The number of anilines is 1. The van der Waals surface area contributed by atoms with Gasteiger partial charge >= 0.3 is 0 Å². The Morgan fingerprint density at radius 3 is 2.59 bits per heavy atom. The quantitative estimate of drug-likeness (QED) is 0.692. The number of amides is 1. The molecular formula is C21H29ClN4O3. The summed E-state index contributed by atoms with van der Waals surface area (Å²) >= 11 is 0. The number of benzene rings is 1. The number of carbonyl (C=O) groups is 1. The van der Waals surface area contributed by atoms with Crippen LogP contribution in [-0.4, -0.2) is 46.1 Å². The topological polar surface area (TPSA) is 88.4 Å². The number of aliphatic hydroxyl groups excluding tert-OH is 1. The van der Waals surface area contributed by atoms with E-state index in [-0.39, 0.29) is 24.4 Å². The second-order valence-corrected chi connectivity index (χ2v) is 7.72. The number of ether oxygens (including phenoxy) is 1. The zero-order valence-electron chi connectivity index (χ0n) is 16.4. The largest absolute Gasteiger partial charge is 0.488 e. The van der Waals surface area contributed by atoms with Gasteiger partial charge in [0.05, 0.1) is 6.10 Å². The molecule has 2 aromatic rings. The minimum absolute atomic E-state index is 0. The number of nitrogens with one attached hydrogen (secondary N) is 2. The van der Waals surface area contributed by atoms with Crippen LogP contribution in [0.4, 0.5) is 5.69 Å². The van der Waals surface area contributed by atoms with Crippen molar-refractivity contribution in [2.45, 2.75) is 56.3 Å². The van der Waals surface area contributed by atoms with Gasteiger partial charge in [-0.25, -0.2) is 0 Å². The van der Waals surface area contributed by atoms with E-state index in [0.29, 0.717) is 18.6 Å². The number of nitrogens with zero attached hydrogens (tertiary/aromatic N) is 2. The van der Waals surface area contributed by atoms with Gasteiger partial charge in [-0.2, -0.15) is 5.10 Å². The van der Waals surface area contributed by atoms with Gasteiger partial charge in [0.25, 0.3) is 5.91 Å². The number of hydrogen-bond donors (Lipinski definition) is 3. The summed E-state index contributed by atoms with van der Waals surface area (Å²) in [5.41, 5.74) is 0.0578. The molecule has 1 saturated carbocycles. The van der Waals surface area contributed by atoms with E-state index in [0.717, 1.165) is 44.5 Å². The number of aliphatic hydroxyl groups is 1. The maximum Gasteiger partial charge on any atom is 0.252 e. The van der Waals surface area contributed by atoms with Crippen LogP contribution in [0.2, 0.25) is 0 Å². The van der Waals surface area contributed by atoms with Crippen molar-refractivity contribution < 1.29 is 14.6 Å². The van der Waals surface area contributed by atoms with Gasteiger partial charge in [0.1, 0.15) is 17.4 Å². The monoisotopic (exact) mass is 420 g/mol. The standard InChI is InChI=1S/C21H28N4O3.ClH/c26-18-4-1-2-5-19(18)28-17-8-6-16(7-9-17)24-20(27)21(10-13-22-14-11-21)25-15-3-12-23-25;/h3,6-9,12,15,18-19,22,26H,1-2,4-5,10-11,13-14H2,(H,24,27);1H. The van der Waals surface area contributed by atoms with Gasteiger partial charge < -0.3 is 20.5 Å². The lowest BCUT2D eigenvalue weighted by molar-refractivity contribution is -0.126. The molecule has 1 aromatic carbocycles. The molecule has 2 aliphatic rings. The van der Waals surface area contributed by atoms with Crippen molar-refractivity contribution in [3.8, 4) is 5.75 Å². The molecule has 1 aromatic heterocycles. The minimum Gasteiger partial charge on any atom is -0.488 e. The average Bonchev–Trinajstić information content (AvgIpc) is 3.27. The fourth-order valence-electron chi connectivity index (χ4n) is 4.18. The van der Waals surface area contributed by atoms with Crippen molar-refractivity contribution in [3.05, 3.63) is 42.7 Å². The molecule has 0 bridgehead atoms. The molecular weight excluding hydrogens is 392 g/mol. The van der Waals surface area contributed by atoms with Crippen molar-refractivity contribution in [2.75, 3.05) is 18.4 Å². The highest BCUT2D eigenvalue weighted by molar-refractivity contribution is 5.96. The van der Waals surface area contributed by atoms with Gasteiger partial charge in [0, 0.05) is 18.1 Å². The van der Waals surface area contributed by atoms with Crippen LogP contribution in [0, 0.1) is 0 Å². The summed E-state index contributed by atoms with van der Waals surface area (Å²) in [4.78, 5) is 13.2. The Bertz CT molecular complexity index is 776. The maximum atomic E-state index is 13.2. The minimum atomic E-state index is -0.671. The first-order valence-electron chi connectivity index (χ1n) is 10.1. The molecule has 4 rings (SSSR count). The molecule has 0 spiro atoms. The predicted octanol–water partition coefficient (Wildman–Crippen LogP) is 2.70. The molecule has 2 heterocycles. The number of aromatic nitrogens is 2. The van der Waals surface area contributed by atoms with E-state index in [1.165, 1.54) is 0 Å². The van der Waals surface area contributed by atoms with Gasteiger partial charge in [0.15, 0.2) is 0 Å². The molecule has 3 N–H and O–H groups in total. The second kappa shape index (κ2) is 9.61. The van der Waals surface area contributed by atoms with E-state index in [4.69, 9.17) is 4.74 Å². The summed E-state index contributed by atoms with van der Waals surface area (Å²) in [5.74, 6) is 0.668. The van der Waals surface area contributed by atoms with Crippen molar-refractivity contribution in [2.24, 2.45) is 0 Å². The molecule has 1 amide bonds. The third kappa shape index (κ3) is 4.74. The fraction of sp³-hybridized carbons (Fsp3) is 0.524. The first-order chi connectivity index (χ1) is 13.7. The Hall–Kier alpha value is -2.09. The average molecular weight is 421 g/mol. The van der Waals surface area contributed by atoms with Crippen LogP contribution in [0.15, 0.2) is 42.7 Å². The van der Waals surface area contributed by atoms with E-state index in [9.17, 15) is 9.90 Å². The Kier molecular flexibility index (Phi) is 7.16. The highest BCUT2D eigenvalue weighted by atomic mass is 35.5. The molecule has 2 atom stereocenters. The third-order valence-electron chi connectivity index (χ3n) is 5.86. The fourth-order valence-corrected chi connectivity index (χ4v) is 4.18. The Morgan fingerprint density at radius 2 is 1.93 bits per heavy atom. The van der Waals surface area contributed by atoms with Crippen molar-refractivity contribution in [3.63, 3.8) is 0 Å². The van der Waals surface area contributed by atoms with Crippen molar-refractivity contribution in [1.29, 1.82) is 0 Å². The Balaban J connectivity index is 0.00000240. The molecule has 2 unspecified atom stereocenters. The Morgan fingerprint density at radius 1 is 1.21 bits per heavy atom. The molecule has 29 heavy (non-hydrogen) atoms. The second-order valence-electron chi connectivity index (χ2n) is 7.72. The zero-order chi connectivity index (χ0) is 19.4. The highest BCUT2D eigenvalue weighted by Crippen LogP contribution is 2.29. The summed E-state index contributed by atoms with van der Waals surface area (Å²) in [6.07, 6.45) is 8.22. The molecule has 1 aliphatic carbocycles. The maximum absolute atomic E-state index is 13.2.